The number of likely N-dealkylation sites (N-methyl/N-ethyl adjacent to an activating group) is 1. The van der Waals surface area contributed by atoms with Gasteiger partial charge in [0.15, 0.2) is 0 Å². The second kappa shape index (κ2) is 6.37. The van der Waals surface area contributed by atoms with Crippen molar-refractivity contribution in [1.82, 2.24) is 10.6 Å². The van der Waals surface area contributed by atoms with E-state index in [1.807, 2.05) is 6.92 Å². The lowest BCUT2D eigenvalue weighted by Gasteiger charge is -2.17. The third kappa shape index (κ3) is 4.81. The molecule has 0 aliphatic carbocycles. The maximum Gasteiger partial charge on any atom is 0.307 e. The molecule has 0 spiro atoms. The van der Waals surface area contributed by atoms with Crippen molar-refractivity contribution in [2.45, 2.75) is 32.4 Å². The quantitative estimate of drug-likeness (QED) is 0.599. The zero-order valence-corrected chi connectivity index (χ0v) is 9.09. The van der Waals surface area contributed by atoms with Gasteiger partial charge in [0.05, 0.1) is 19.6 Å². The van der Waals surface area contributed by atoms with Crippen molar-refractivity contribution in [3.8, 4) is 0 Å². The van der Waals surface area contributed by atoms with E-state index in [-0.39, 0.29) is 30.4 Å². The van der Waals surface area contributed by atoms with Gasteiger partial charge in [-0.3, -0.25) is 9.59 Å². The second-order valence-corrected chi connectivity index (χ2v) is 3.18. The van der Waals surface area contributed by atoms with Crippen LogP contribution in [0.4, 0.5) is 0 Å². The summed E-state index contributed by atoms with van der Waals surface area (Å²) in [5, 5.41) is 5.50. The molecule has 14 heavy (non-hydrogen) atoms. The largest absolute Gasteiger partial charge is 0.469 e. The third-order valence-corrected chi connectivity index (χ3v) is 1.87. The van der Waals surface area contributed by atoms with Crippen LogP contribution in [0.5, 0.6) is 0 Å². The number of esters is 1. The normalized spacial score (nSPS) is 14.3. The summed E-state index contributed by atoms with van der Waals surface area (Å²) in [4.78, 5) is 22.0. The molecule has 0 aliphatic rings. The van der Waals surface area contributed by atoms with Crippen LogP contribution in [0.3, 0.4) is 0 Å². The average molecular weight is 202 g/mol. The predicted octanol–water partition coefficient (Wildman–Crippen LogP) is -0.338. The molecule has 0 heterocycles. The van der Waals surface area contributed by atoms with E-state index < -0.39 is 0 Å². The number of ether oxygens (including phenoxy) is 1. The number of hydrogen-bond donors (Lipinski definition) is 2. The number of amides is 1. The van der Waals surface area contributed by atoms with Crippen molar-refractivity contribution >= 4 is 11.9 Å². The second-order valence-electron chi connectivity index (χ2n) is 3.18. The van der Waals surface area contributed by atoms with Gasteiger partial charge in [-0.05, 0) is 13.8 Å². The van der Waals surface area contributed by atoms with Gasteiger partial charge >= 0.3 is 5.97 Å². The summed E-state index contributed by atoms with van der Waals surface area (Å²) in [7, 11) is 2.92. The molecule has 0 saturated carbocycles. The molecule has 0 aromatic heterocycles. The van der Waals surface area contributed by atoms with Gasteiger partial charge in [0.2, 0.25) is 5.91 Å². The lowest BCUT2D eigenvalue weighted by Crippen LogP contribution is -2.45. The highest BCUT2D eigenvalue weighted by atomic mass is 16.5. The van der Waals surface area contributed by atoms with Gasteiger partial charge in [0, 0.05) is 13.1 Å². The molecule has 2 N–H and O–H groups in total. The monoisotopic (exact) mass is 202 g/mol. The topological polar surface area (TPSA) is 67.4 Å². The maximum atomic E-state index is 11.1. The van der Waals surface area contributed by atoms with Gasteiger partial charge < -0.3 is 15.4 Å². The van der Waals surface area contributed by atoms with E-state index in [1.54, 1.807) is 14.0 Å². The highest BCUT2D eigenvalue weighted by Gasteiger charge is 2.15. The van der Waals surface area contributed by atoms with Crippen molar-refractivity contribution < 1.29 is 14.3 Å². The number of hydrogen-bond acceptors (Lipinski definition) is 4. The van der Waals surface area contributed by atoms with Crippen molar-refractivity contribution in [1.29, 1.82) is 0 Å². The predicted molar refractivity (Wildman–Crippen MR) is 52.8 cm³/mol. The Kier molecular flexibility index (Phi) is 5.87. The molecule has 2 unspecified atom stereocenters. The van der Waals surface area contributed by atoms with Crippen molar-refractivity contribution in [3.63, 3.8) is 0 Å². The van der Waals surface area contributed by atoms with Crippen LogP contribution in [-0.2, 0) is 14.3 Å². The Morgan fingerprint density at radius 2 is 1.93 bits per heavy atom. The Balaban J connectivity index is 3.87. The first-order valence-electron chi connectivity index (χ1n) is 4.55. The Morgan fingerprint density at radius 1 is 1.36 bits per heavy atom. The molecule has 0 fully saturated rings. The molecule has 82 valence electrons. The van der Waals surface area contributed by atoms with E-state index in [1.165, 1.54) is 7.11 Å². The van der Waals surface area contributed by atoms with E-state index in [2.05, 4.69) is 15.4 Å². The first kappa shape index (κ1) is 12.9. The summed E-state index contributed by atoms with van der Waals surface area (Å²) in [5.41, 5.74) is 0. The fourth-order valence-corrected chi connectivity index (χ4v) is 1.11. The van der Waals surface area contributed by atoms with Crippen LogP contribution in [0.15, 0.2) is 0 Å². The number of methoxy groups -OCH3 is 1. The highest BCUT2D eigenvalue weighted by Crippen LogP contribution is 1.95. The molecular formula is C9H18N2O3. The van der Waals surface area contributed by atoms with Gasteiger partial charge in [-0.2, -0.15) is 0 Å². The van der Waals surface area contributed by atoms with Crippen LogP contribution >= 0.6 is 0 Å². The molecular weight excluding hydrogens is 184 g/mol. The fraction of sp³-hybridized carbons (Fsp3) is 0.778. The number of carbonyl (C=O) groups excluding carboxylic acids is 2. The molecule has 0 saturated heterocycles. The minimum Gasteiger partial charge on any atom is -0.469 e. The summed E-state index contributed by atoms with van der Waals surface area (Å²) < 4.78 is 4.51. The van der Waals surface area contributed by atoms with Gasteiger partial charge in [-0.1, -0.05) is 0 Å². The molecule has 5 nitrogen and oxygen atoms in total. The Morgan fingerprint density at radius 3 is 2.36 bits per heavy atom. The van der Waals surface area contributed by atoms with E-state index in [0.717, 1.165) is 0 Å². The van der Waals surface area contributed by atoms with E-state index in [4.69, 9.17) is 0 Å². The molecule has 0 bridgehead atoms. The molecule has 2 atom stereocenters. The third-order valence-electron chi connectivity index (χ3n) is 1.87. The highest BCUT2D eigenvalue weighted by molar-refractivity contribution is 5.81. The van der Waals surface area contributed by atoms with Crippen molar-refractivity contribution in [2.75, 3.05) is 14.2 Å². The summed E-state index contributed by atoms with van der Waals surface area (Å²) in [6.07, 6.45) is 0.262. The van der Waals surface area contributed by atoms with Crippen LogP contribution in [0.1, 0.15) is 20.3 Å². The number of rotatable bonds is 5. The Labute approximate surface area is 84.2 Å². The lowest BCUT2D eigenvalue weighted by molar-refractivity contribution is -0.141. The standard InChI is InChI=1S/C9H18N2O3/c1-6(5-8(12)14-4)11-7(2)9(13)10-3/h6-7,11H,5H2,1-4H3,(H,10,13). The van der Waals surface area contributed by atoms with E-state index in [9.17, 15) is 9.59 Å². The Hall–Kier alpha value is -1.10. The van der Waals surface area contributed by atoms with E-state index >= 15 is 0 Å². The number of carbonyl (C=O) groups is 2. The molecule has 0 rings (SSSR count). The smallest absolute Gasteiger partial charge is 0.307 e. The van der Waals surface area contributed by atoms with Gasteiger partial charge in [0.1, 0.15) is 0 Å². The van der Waals surface area contributed by atoms with E-state index in [0.29, 0.717) is 0 Å². The zero-order chi connectivity index (χ0) is 11.1. The minimum absolute atomic E-state index is 0.0743. The van der Waals surface area contributed by atoms with Gasteiger partial charge in [-0.25, -0.2) is 0 Å². The molecule has 5 heteroatoms. The first-order valence-corrected chi connectivity index (χ1v) is 4.55. The lowest BCUT2D eigenvalue weighted by atomic mass is 10.2. The summed E-state index contributed by atoms with van der Waals surface area (Å²) >= 11 is 0. The average Bonchev–Trinajstić information content (AvgIpc) is 2.15. The SMILES string of the molecule is CNC(=O)C(C)NC(C)CC(=O)OC. The minimum atomic E-state index is -0.306. The molecule has 0 aromatic carbocycles. The summed E-state index contributed by atoms with van der Waals surface area (Å²) in [5.74, 6) is -0.379. The van der Waals surface area contributed by atoms with Crippen molar-refractivity contribution in [2.24, 2.45) is 0 Å². The number of nitrogens with one attached hydrogen (secondary N) is 2. The zero-order valence-electron chi connectivity index (χ0n) is 9.09. The fourth-order valence-electron chi connectivity index (χ4n) is 1.11. The van der Waals surface area contributed by atoms with Gasteiger partial charge in [0.25, 0.3) is 0 Å². The van der Waals surface area contributed by atoms with Crippen LogP contribution in [0, 0.1) is 0 Å². The van der Waals surface area contributed by atoms with Crippen LogP contribution in [0.2, 0.25) is 0 Å². The summed E-state index contributed by atoms with van der Waals surface area (Å²) in [6, 6.07) is -0.380. The van der Waals surface area contributed by atoms with Gasteiger partial charge in [-0.15, -0.1) is 0 Å². The molecule has 0 aromatic rings. The van der Waals surface area contributed by atoms with Crippen LogP contribution in [-0.4, -0.2) is 38.1 Å². The Bertz CT molecular complexity index is 206. The van der Waals surface area contributed by atoms with Crippen LogP contribution in [0.25, 0.3) is 0 Å². The van der Waals surface area contributed by atoms with Crippen LogP contribution < -0.4 is 10.6 Å². The van der Waals surface area contributed by atoms with Crippen molar-refractivity contribution in [3.05, 3.63) is 0 Å². The summed E-state index contributed by atoms with van der Waals surface area (Å²) in [6.45, 7) is 3.57. The first-order chi connectivity index (χ1) is 6.51. The molecule has 0 radical (unpaired) electrons. The molecule has 1 amide bonds. The molecule has 0 aliphatic heterocycles. The maximum absolute atomic E-state index is 11.1.